The topological polar surface area (TPSA) is 66.4 Å². The molecule has 1 aromatic carbocycles. The number of carbonyl (C=O) groups excluding carboxylic acids is 2. The van der Waals surface area contributed by atoms with Gasteiger partial charge in [0, 0.05) is 28.9 Å². The summed E-state index contributed by atoms with van der Waals surface area (Å²) in [6, 6.07) is 6.75. The Morgan fingerprint density at radius 3 is 2.44 bits per heavy atom. The van der Waals surface area contributed by atoms with E-state index < -0.39 is 0 Å². The zero-order valence-corrected chi connectivity index (χ0v) is 11.7. The van der Waals surface area contributed by atoms with Gasteiger partial charge in [0.15, 0.2) is 5.78 Å². The Hall–Kier alpha value is -1.20. The number of nitrogens with one attached hydrogen (secondary N) is 1. The van der Waals surface area contributed by atoms with Crippen molar-refractivity contribution in [3.8, 4) is 0 Å². The van der Waals surface area contributed by atoms with Crippen molar-refractivity contribution in [2.24, 2.45) is 0 Å². The van der Waals surface area contributed by atoms with Gasteiger partial charge in [0.1, 0.15) is 0 Å². The fourth-order valence-electron chi connectivity index (χ4n) is 1.40. The van der Waals surface area contributed by atoms with Crippen molar-refractivity contribution in [2.75, 3.05) is 6.61 Å². The number of Topliss-reactive ketones (excluding diaryl/α,β-unsaturated/α-hetero) is 1. The number of aliphatic hydroxyl groups excluding tert-OH is 1. The van der Waals surface area contributed by atoms with E-state index in [1.807, 2.05) is 0 Å². The Bertz CT molecular complexity index is 417. The lowest BCUT2D eigenvalue weighted by Crippen LogP contribution is -2.35. The van der Waals surface area contributed by atoms with Gasteiger partial charge in [-0.25, -0.2) is 0 Å². The molecule has 0 saturated carbocycles. The summed E-state index contributed by atoms with van der Waals surface area (Å²) in [5, 5.41) is 11.4. The molecular formula is C13H16BrNO3. The van der Waals surface area contributed by atoms with Gasteiger partial charge in [0.05, 0.1) is 6.61 Å². The Balaban J connectivity index is 2.41. The van der Waals surface area contributed by atoms with Gasteiger partial charge in [-0.2, -0.15) is 0 Å². The zero-order chi connectivity index (χ0) is 13.5. The third-order valence-corrected chi connectivity index (χ3v) is 2.96. The van der Waals surface area contributed by atoms with Crippen molar-refractivity contribution in [3.05, 3.63) is 34.3 Å². The molecule has 98 valence electrons. The summed E-state index contributed by atoms with van der Waals surface area (Å²) < 4.78 is 0.911. The number of ketones is 1. The minimum absolute atomic E-state index is 0.0608. The molecule has 1 amide bonds. The van der Waals surface area contributed by atoms with Gasteiger partial charge in [-0.05, 0) is 19.1 Å². The van der Waals surface area contributed by atoms with Gasteiger partial charge in [-0.1, -0.05) is 28.1 Å². The van der Waals surface area contributed by atoms with Crippen molar-refractivity contribution in [1.82, 2.24) is 5.32 Å². The molecule has 0 heterocycles. The number of aliphatic hydroxyl groups is 1. The molecule has 1 aromatic rings. The summed E-state index contributed by atoms with van der Waals surface area (Å²) in [7, 11) is 0. The number of benzene rings is 1. The van der Waals surface area contributed by atoms with Crippen LogP contribution >= 0.6 is 15.9 Å². The first-order valence-electron chi connectivity index (χ1n) is 5.72. The smallest absolute Gasteiger partial charge is 0.220 e. The fourth-order valence-corrected chi connectivity index (χ4v) is 1.66. The molecular weight excluding hydrogens is 298 g/mol. The highest BCUT2D eigenvalue weighted by Crippen LogP contribution is 2.12. The van der Waals surface area contributed by atoms with Crippen molar-refractivity contribution in [1.29, 1.82) is 0 Å². The zero-order valence-electron chi connectivity index (χ0n) is 10.1. The van der Waals surface area contributed by atoms with Gasteiger partial charge in [-0.3, -0.25) is 9.59 Å². The van der Waals surface area contributed by atoms with Crippen LogP contribution < -0.4 is 5.32 Å². The maximum Gasteiger partial charge on any atom is 0.220 e. The molecule has 1 atom stereocenters. The molecule has 0 bridgehead atoms. The molecule has 18 heavy (non-hydrogen) atoms. The highest BCUT2D eigenvalue weighted by Gasteiger charge is 2.10. The second-order valence-electron chi connectivity index (χ2n) is 4.08. The highest BCUT2D eigenvalue weighted by atomic mass is 79.9. The van der Waals surface area contributed by atoms with Gasteiger partial charge in [0.2, 0.25) is 5.91 Å². The minimum atomic E-state index is -0.278. The average molecular weight is 314 g/mol. The quantitative estimate of drug-likeness (QED) is 0.788. The van der Waals surface area contributed by atoms with Crippen LogP contribution in [0.3, 0.4) is 0 Å². The van der Waals surface area contributed by atoms with Gasteiger partial charge >= 0.3 is 0 Å². The third kappa shape index (κ3) is 4.98. The molecule has 0 saturated heterocycles. The first kappa shape index (κ1) is 14.9. The average Bonchev–Trinajstić information content (AvgIpc) is 2.36. The molecule has 5 heteroatoms. The van der Waals surface area contributed by atoms with Crippen LogP contribution in [0.5, 0.6) is 0 Å². The summed E-state index contributed by atoms with van der Waals surface area (Å²) in [4.78, 5) is 23.2. The van der Waals surface area contributed by atoms with E-state index in [0.717, 1.165) is 4.47 Å². The summed E-state index contributed by atoms with van der Waals surface area (Å²) in [6.07, 6.45) is 0.310. The van der Waals surface area contributed by atoms with E-state index in [4.69, 9.17) is 5.11 Å². The van der Waals surface area contributed by atoms with Crippen LogP contribution in [0.25, 0.3) is 0 Å². The monoisotopic (exact) mass is 313 g/mol. The fraction of sp³-hybridized carbons (Fsp3) is 0.385. The number of carbonyl (C=O) groups is 2. The SMILES string of the molecule is CC(CO)NC(=O)CCC(=O)c1ccc(Br)cc1. The predicted molar refractivity (Wildman–Crippen MR) is 72.4 cm³/mol. The summed E-state index contributed by atoms with van der Waals surface area (Å²) in [5.41, 5.74) is 0.598. The normalized spacial score (nSPS) is 11.9. The van der Waals surface area contributed by atoms with Crippen molar-refractivity contribution < 1.29 is 14.7 Å². The Kier molecular flexibility index (Phi) is 6.01. The van der Waals surface area contributed by atoms with Crippen molar-refractivity contribution in [3.63, 3.8) is 0 Å². The van der Waals surface area contributed by atoms with E-state index in [1.54, 1.807) is 31.2 Å². The number of halogens is 1. The molecule has 4 nitrogen and oxygen atoms in total. The lowest BCUT2D eigenvalue weighted by molar-refractivity contribution is -0.121. The van der Waals surface area contributed by atoms with E-state index >= 15 is 0 Å². The molecule has 0 aliphatic carbocycles. The Labute approximate surface area is 115 Å². The van der Waals surface area contributed by atoms with Crippen LogP contribution in [-0.4, -0.2) is 29.4 Å². The maximum absolute atomic E-state index is 11.8. The predicted octanol–water partition coefficient (Wildman–Crippen LogP) is 1.91. The van der Waals surface area contributed by atoms with Gasteiger partial charge in [0.25, 0.3) is 0 Å². The highest BCUT2D eigenvalue weighted by molar-refractivity contribution is 9.10. The maximum atomic E-state index is 11.8. The van der Waals surface area contributed by atoms with E-state index in [1.165, 1.54) is 0 Å². The summed E-state index contributed by atoms with van der Waals surface area (Å²) in [6.45, 7) is 1.60. The Morgan fingerprint density at radius 1 is 1.28 bits per heavy atom. The van der Waals surface area contributed by atoms with E-state index in [0.29, 0.717) is 5.56 Å². The summed E-state index contributed by atoms with van der Waals surface area (Å²) >= 11 is 3.29. The molecule has 0 spiro atoms. The molecule has 0 aromatic heterocycles. The standard InChI is InChI=1S/C13H16BrNO3/c1-9(8-16)15-13(18)7-6-12(17)10-2-4-11(14)5-3-10/h2-5,9,16H,6-8H2,1H3,(H,15,18). The molecule has 1 rings (SSSR count). The van der Waals surface area contributed by atoms with Crippen LogP contribution in [0.1, 0.15) is 30.1 Å². The van der Waals surface area contributed by atoms with Crippen molar-refractivity contribution >= 4 is 27.6 Å². The third-order valence-electron chi connectivity index (χ3n) is 2.43. The number of rotatable bonds is 6. The molecule has 0 radical (unpaired) electrons. The number of hydrogen-bond donors (Lipinski definition) is 2. The van der Waals surface area contributed by atoms with Gasteiger partial charge in [-0.15, -0.1) is 0 Å². The molecule has 0 aliphatic heterocycles. The van der Waals surface area contributed by atoms with Crippen LogP contribution in [0, 0.1) is 0 Å². The van der Waals surface area contributed by atoms with Crippen molar-refractivity contribution in [2.45, 2.75) is 25.8 Å². The summed E-state index contributed by atoms with van der Waals surface area (Å²) in [5.74, 6) is -0.281. The Morgan fingerprint density at radius 2 is 1.89 bits per heavy atom. The van der Waals surface area contributed by atoms with Crippen LogP contribution in [-0.2, 0) is 4.79 Å². The van der Waals surface area contributed by atoms with E-state index in [9.17, 15) is 9.59 Å². The molecule has 2 N–H and O–H groups in total. The largest absolute Gasteiger partial charge is 0.394 e. The van der Waals surface area contributed by atoms with E-state index in [-0.39, 0.29) is 37.2 Å². The molecule has 0 fully saturated rings. The first-order chi connectivity index (χ1) is 8.52. The number of amides is 1. The second-order valence-corrected chi connectivity index (χ2v) is 5.00. The van der Waals surface area contributed by atoms with Crippen LogP contribution in [0.2, 0.25) is 0 Å². The van der Waals surface area contributed by atoms with Crippen LogP contribution in [0.4, 0.5) is 0 Å². The van der Waals surface area contributed by atoms with Gasteiger partial charge < -0.3 is 10.4 Å². The second kappa shape index (κ2) is 7.28. The lowest BCUT2D eigenvalue weighted by atomic mass is 10.1. The molecule has 0 aliphatic rings. The van der Waals surface area contributed by atoms with Crippen LogP contribution in [0.15, 0.2) is 28.7 Å². The first-order valence-corrected chi connectivity index (χ1v) is 6.51. The molecule has 1 unspecified atom stereocenters. The van der Waals surface area contributed by atoms with E-state index in [2.05, 4.69) is 21.2 Å². The number of hydrogen-bond acceptors (Lipinski definition) is 3. The minimum Gasteiger partial charge on any atom is -0.394 e. The lowest BCUT2D eigenvalue weighted by Gasteiger charge is -2.10.